The van der Waals surface area contributed by atoms with Crippen LogP contribution >= 0.6 is 0 Å². The second kappa shape index (κ2) is 18.7. The van der Waals surface area contributed by atoms with E-state index in [0.29, 0.717) is 35.2 Å². The maximum atomic E-state index is 5.38. The molecule has 0 fully saturated rings. The molecule has 0 unspecified atom stereocenters. The molecule has 0 aliphatic rings. The van der Waals surface area contributed by atoms with Gasteiger partial charge in [-0.1, -0.05) is 181 Å². The van der Waals surface area contributed by atoms with Gasteiger partial charge in [0.1, 0.15) is 0 Å². The van der Waals surface area contributed by atoms with E-state index in [-0.39, 0.29) is 0 Å². The minimum atomic E-state index is 0.348. The minimum Gasteiger partial charge on any atom is -0.309 e. The van der Waals surface area contributed by atoms with E-state index >= 15 is 0 Å². The van der Waals surface area contributed by atoms with Crippen molar-refractivity contribution in [2.45, 2.75) is 41.5 Å². The molecule has 0 bridgehead atoms. The zero-order chi connectivity index (χ0) is 46.7. The van der Waals surface area contributed by atoms with Crippen LogP contribution in [-0.2, 0) is 0 Å². The van der Waals surface area contributed by atoms with Gasteiger partial charge in [-0.15, -0.1) is 0 Å². The predicted molar refractivity (Wildman–Crippen MR) is 278 cm³/mol. The Kier molecular flexibility index (Phi) is 11.9. The molecule has 2 aromatic heterocycles. The summed E-state index contributed by atoms with van der Waals surface area (Å²) < 4.78 is 0. The molecular weight excluding hydrogens is 833 g/mol. The van der Waals surface area contributed by atoms with Gasteiger partial charge in [-0.05, 0) is 99.2 Å². The lowest BCUT2D eigenvalue weighted by Crippen LogP contribution is -2.19. The standard InChI is InChI=1S/C60H50N8/c1-39-35-41(3)53(42(4)36-39)67(54-43(5)37-40(2)38-44(54)6)49-31-33-50(34-32-49)68(59-63-55(46-23-13-8-14-24-46)61-56(64-59)47-25-15-9-16-26-47)60-65-57(48-27-17-10-18-28-48)62-58(66-60)52-30-20-19-29-51(52)45-21-11-7-12-22-45/h7-38H,1-6H3. The number of hydrogen-bond acceptors (Lipinski definition) is 8. The molecule has 8 aromatic carbocycles. The molecule has 10 rings (SSSR count). The summed E-state index contributed by atoms with van der Waals surface area (Å²) in [5.41, 5.74) is 16.8. The monoisotopic (exact) mass is 882 g/mol. The molecule has 0 saturated carbocycles. The quantitative estimate of drug-likeness (QED) is 0.127. The van der Waals surface area contributed by atoms with Crippen LogP contribution in [0.25, 0.3) is 56.7 Å². The fourth-order valence-corrected chi connectivity index (χ4v) is 9.24. The lowest BCUT2D eigenvalue weighted by molar-refractivity contribution is 0.964. The SMILES string of the molecule is Cc1cc(C)c(N(c2ccc(N(c3nc(-c4ccccc4)nc(-c4ccccc4)n3)c3nc(-c4ccccc4)nc(-c4ccccc4-c4ccccc4)n3)cc2)c2c(C)cc(C)cc2C)c(C)c1. The molecular formula is C60H50N8. The zero-order valence-electron chi connectivity index (χ0n) is 39.1. The summed E-state index contributed by atoms with van der Waals surface area (Å²) >= 11 is 0. The first-order chi connectivity index (χ1) is 33.2. The molecule has 10 aromatic rings. The lowest BCUT2D eigenvalue weighted by Gasteiger charge is -2.32. The Morgan fingerprint density at radius 1 is 0.279 bits per heavy atom. The Morgan fingerprint density at radius 2 is 0.588 bits per heavy atom. The van der Waals surface area contributed by atoms with Gasteiger partial charge in [-0.2, -0.15) is 19.9 Å². The van der Waals surface area contributed by atoms with Gasteiger partial charge in [-0.25, -0.2) is 14.9 Å². The molecule has 0 spiro atoms. The highest BCUT2D eigenvalue weighted by molar-refractivity contribution is 5.86. The Balaban J connectivity index is 1.24. The van der Waals surface area contributed by atoms with Gasteiger partial charge in [0, 0.05) is 27.9 Å². The van der Waals surface area contributed by atoms with E-state index in [4.69, 9.17) is 29.9 Å². The van der Waals surface area contributed by atoms with Crippen molar-refractivity contribution in [3.05, 3.63) is 228 Å². The van der Waals surface area contributed by atoms with Gasteiger partial charge < -0.3 is 4.90 Å². The Morgan fingerprint density at radius 3 is 0.985 bits per heavy atom. The first-order valence-electron chi connectivity index (χ1n) is 22.9. The summed E-state index contributed by atoms with van der Waals surface area (Å²) in [6.45, 7) is 13.1. The average Bonchev–Trinajstić information content (AvgIpc) is 3.36. The third kappa shape index (κ3) is 8.75. The number of hydrogen-bond donors (Lipinski definition) is 0. The molecule has 8 heteroatoms. The van der Waals surface area contributed by atoms with Crippen LogP contribution in [0, 0.1) is 41.5 Å². The van der Waals surface area contributed by atoms with Crippen LogP contribution in [0.2, 0.25) is 0 Å². The minimum absolute atomic E-state index is 0.348. The highest BCUT2D eigenvalue weighted by Gasteiger charge is 2.27. The van der Waals surface area contributed by atoms with Gasteiger partial charge >= 0.3 is 0 Å². The van der Waals surface area contributed by atoms with Crippen molar-refractivity contribution in [3.8, 4) is 56.7 Å². The van der Waals surface area contributed by atoms with Crippen LogP contribution in [0.5, 0.6) is 0 Å². The first kappa shape index (κ1) is 43.3. The number of aryl methyl sites for hydroxylation is 6. The topological polar surface area (TPSA) is 83.8 Å². The zero-order valence-corrected chi connectivity index (χ0v) is 39.1. The fraction of sp³-hybridized carbons (Fsp3) is 0.100. The van der Waals surface area contributed by atoms with E-state index in [1.54, 1.807) is 0 Å². The largest absolute Gasteiger partial charge is 0.309 e. The number of rotatable bonds is 11. The van der Waals surface area contributed by atoms with E-state index in [1.165, 1.54) is 33.4 Å². The lowest BCUT2D eigenvalue weighted by atomic mass is 9.98. The van der Waals surface area contributed by atoms with Crippen molar-refractivity contribution in [1.29, 1.82) is 0 Å². The van der Waals surface area contributed by atoms with Crippen molar-refractivity contribution < 1.29 is 0 Å². The summed E-state index contributed by atoms with van der Waals surface area (Å²) in [6.07, 6.45) is 0. The van der Waals surface area contributed by atoms with Crippen molar-refractivity contribution in [3.63, 3.8) is 0 Å². The second-order valence-electron chi connectivity index (χ2n) is 17.3. The maximum Gasteiger partial charge on any atom is 0.241 e. The number of benzene rings is 8. The summed E-state index contributed by atoms with van der Waals surface area (Å²) in [6, 6.07) is 66.2. The van der Waals surface area contributed by atoms with Gasteiger partial charge in [0.15, 0.2) is 23.3 Å². The van der Waals surface area contributed by atoms with E-state index in [2.05, 4.69) is 119 Å². The third-order valence-corrected chi connectivity index (χ3v) is 12.1. The van der Waals surface area contributed by atoms with Crippen LogP contribution in [0.4, 0.5) is 34.6 Å². The van der Waals surface area contributed by atoms with E-state index in [9.17, 15) is 0 Å². The van der Waals surface area contributed by atoms with Crippen molar-refractivity contribution in [1.82, 2.24) is 29.9 Å². The molecule has 0 atom stereocenters. The number of anilines is 6. The maximum absolute atomic E-state index is 5.38. The van der Waals surface area contributed by atoms with Gasteiger partial charge in [0.25, 0.3) is 0 Å². The molecule has 2 heterocycles. The van der Waals surface area contributed by atoms with Crippen LogP contribution in [0.15, 0.2) is 194 Å². The second-order valence-corrected chi connectivity index (χ2v) is 17.3. The molecule has 0 aliphatic heterocycles. The molecule has 0 amide bonds. The number of nitrogens with zero attached hydrogens (tertiary/aromatic N) is 8. The Labute approximate surface area is 398 Å². The highest BCUT2D eigenvalue weighted by atomic mass is 15.4. The Hall–Kier alpha value is -8.62. The molecule has 0 saturated heterocycles. The van der Waals surface area contributed by atoms with Gasteiger partial charge in [-0.3, -0.25) is 0 Å². The van der Waals surface area contributed by atoms with Crippen molar-refractivity contribution in [2.75, 3.05) is 9.80 Å². The Bertz CT molecular complexity index is 3230. The highest BCUT2D eigenvalue weighted by Crippen LogP contribution is 2.44. The van der Waals surface area contributed by atoms with Gasteiger partial charge in [0.05, 0.1) is 17.1 Å². The smallest absolute Gasteiger partial charge is 0.241 e. The van der Waals surface area contributed by atoms with Gasteiger partial charge in [0.2, 0.25) is 11.9 Å². The first-order valence-corrected chi connectivity index (χ1v) is 22.9. The summed E-state index contributed by atoms with van der Waals surface area (Å²) in [5.74, 6) is 2.76. The van der Waals surface area contributed by atoms with E-state index in [0.717, 1.165) is 56.1 Å². The molecule has 0 N–H and O–H groups in total. The summed E-state index contributed by atoms with van der Waals surface area (Å²) in [7, 11) is 0. The molecule has 330 valence electrons. The summed E-state index contributed by atoms with van der Waals surface area (Å²) in [4.78, 5) is 35.8. The van der Waals surface area contributed by atoms with E-state index < -0.39 is 0 Å². The fourth-order valence-electron chi connectivity index (χ4n) is 9.24. The molecule has 8 nitrogen and oxygen atoms in total. The van der Waals surface area contributed by atoms with Crippen LogP contribution in [-0.4, -0.2) is 29.9 Å². The van der Waals surface area contributed by atoms with E-state index in [1.807, 2.05) is 126 Å². The normalized spacial score (nSPS) is 11.1. The average molecular weight is 883 g/mol. The molecule has 68 heavy (non-hydrogen) atoms. The van der Waals surface area contributed by atoms with Crippen molar-refractivity contribution >= 4 is 34.6 Å². The number of aromatic nitrogens is 6. The molecule has 0 aliphatic carbocycles. The summed E-state index contributed by atoms with van der Waals surface area (Å²) in [5, 5.41) is 0. The molecule has 0 radical (unpaired) electrons. The van der Waals surface area contributed by atoms with Crippen molar-refractivity contribution in [2.24, 2.45) is 0 Å². The van der Waals surface area contributed by atoms with Crippen LogP contribution in [0.1, 0.15) is 33.4 Å². The third-order valence-electron chi connectivity index (χ3n) is 12.1. The van der Waals surface area contributed by atoms with Crippen LogP contribution < -0.4 is 9.80 Å². The van der Waals surface area contributed by atoms with Crippen LogP contribution in [0.3, 0.4) is 0 Å². The predicted octanol–water partition coefficient (Wildman–Crippen LogP) is 15.2.